The summed E-state index contributed by atoms with van der Waals surface area (Å²) in [5.41, 5.74) is 0.172. The highest BCUT2D eigenvalue weighted by molar-refractivity contribution is 4.83. The first kappa shape index (κ1) is 17.0. The Bertz CT molecular complexity index is 154. The summed E-state index contributed by atoms with van der Waals surface area (Å²) in [5.74, 6) is 0. The molecule has 17 heavy (non-hydrogen) atoms. The maximum atomic E-state index is 6.59. The molecule has 1 heteroatoms. The van der Waals surface area contributed by atoms with Crippen molar-refractivity contribution in [3.63, 3.8) is 0 Å². The van der Waals surface area contributed by atoms with E-state index in [-0.39, 0.29) is 11.2 Å². The lowest BCUT2D eigenvalue weighted by molar-refractivity contribution is -0.155. The van der Waals surface area contributed by atoms with Crippen LogP contribution >= 0.6 is 0 Å². The molecule has 0 bridgehead atoms. The molecule has 0 radical (unpaired) electrons. The molecule has 1 nitrogen and oxygen atoms in total. The lowest BCUT2D eigenvalue weighted by atomic mass is 9.89. The third kappa shape index (κ3) is 6.45. The number of hydrogen-bond acceptors (Lipinski definition) is 1. The quantitative estimate of drug-likeness (QED) is 0.476. The zero-order valence-electron chi connectivity index (χ0n) is 13.1. The summed E-state index contributed by atoms with van der Waals surface area (Å²) >= 11 is 0. The Morgan fingerprint density at radius 1 is 0.588 bits per heavy atom. The monoisotopic (exact) mass is 242 g/mol. The van der Waals surface area contributed by atoms with Gasteiger partial charge in [-0.3, -0.25) is 0 Å². The van der Waals surface area contributed by atoms with Crippen LogP contribution in [0.15, 0.2) is 0 Å². The summed E-state index contributed by atoms with van der Waals surface area (Å²) < 4.78 is 6.59. The van der Waals surface area contributed by atoms with Gasteiger partial charge in [0.1, 0.15) is 0 Å². The van der Waals surface area contributed by atoms with Crippen LogP contribution < -0.4 is 0 Å². The predicted octanol–water partition coefficient (Wildman–Crippen LogP) is 5.72. The third-order valence-electron chi connectivity index (χ3n) is 3.61. The fourth-order valence-electron chi connectivity index (χ4n) is 3.16. The van der Waals surface area contributed by atoms with Crippen molar-refractivity contribution in [3.8, 4) is 0 Å². The molecule has 0 aliphatic heterocycles. The fourth-order valence-corrected chi connectivity index (χ4v) is 3.16. The minimum absolute atomic E-state index is 0.0859. The molecule has 104 valence electrons. The summed E-state index contributed by atoms with van der Waals surface area (Å²) in [4.78, 5) is 0. The maximum Gasteiger partial charge on any atom is 0.0661 e. The summed E-state index contributed by atoms with van der Waals surface area (Å²) in [6.07, 6.45) is 9.59. The molecule has 0 aliphatic rings. The summed E-state index contributed by atoms with van der Waals surface area (Å²) in [6.45, 7) is 13.7. The van der Waals surface area contributed by atoms with Crippen LogP contribution in [-0.4, -0.2) is 11.2 Å². The normalized spacial score (nSPS) is 13.1. The Morgan fingerprint density at radius 3 is 1.00 bits per heavy atom. The molecule has 0 aliphatic carbocycles. The first-order chi connectivity index (χ1) is 7.95. The first-order valence-corrected chi connectivity index (χ1v) is 7.65. The molecular weight excluding hydrogens is 208 g/mol. The van der Waals surface area contributed by atoms with Gasteiger partial charge >= 0.3 is 0 Å². The van der Waals surface area contributed by atoms with E-state index in [1.165, 1.54) is 51.4 Å². The molecule has 0 atom stereocenters. The van der Waals surface area contributed by atoms with Crippen molar-refractivity contribution in [1.29, 1.82) is 0 Å². The van der Waals surface area contributed by atoms with E-state index < -0.39 is 0 Å². The number of rotatable bonds is 10. The standard InChI is InChI=1S/C16H34O/c1-7-11-15(5,12-8-2)17-16(6,13-9-3)14-10-4/h7-14H2,1-6H3. The second-order valence-corrected chi connectivity index (χ2v) is 6.00. The van der Waals surface area contributed by atoms with Crippen LogP contribution in [0.1, 0.15) is 92.9 Å². The van der Waals surface area contributed by atoms with Gasteiger partial charge in [-0.1, -0.05) is 53.4 Å². The van der Waals surface area contributed by atoms with Crippen LogP contribution in [0.2, 0.25) is 0 Å². The predicted molar refractivity (Wildman–Crippen MR) is 77.5 cm³/mol. The smallest absolute Gasteiger partial charge is 0.0661 e. The molecule has 0 unspecified atom stereocenters. The largest absolute Gasteiger partial charge is 0.369 e. The average molecular weight is 242 g/mol. The molecule has 0 saturated heterocycles. The van der Waals surface area contributed by atoms with Gasteiger partial charge in [0.25, 0.3) is 0 Å². The van der Waals surface area contributed by atoms with Crippen LogP contribution in [0.4, 0.5) is 0 Å². The molecule has 0 aromatic heterocycles. The molecule has 0 aromatic carbocycles. The molecule has 0 heterocycles. The SMILES string of the molecule is CCCC(C)(CCC)OC(C)(CCC)CCC. The van der Waals surface area contributed by atoms with Gasteiger partial charge in [0.15, 0.2) is 0 Å². The molecule has 0 saturated carbocycles. The van der Waals surface area contributed by atoms with E-state index in [0.29, 0.717) is 0 Å². The van der Waals surface area contributed by atoms with E-state index in [1.807, 2.05) is 0 Å². The second-order valence-electron chi connectivity index (χ2n) is 6.00. The second kappa shape index (κ2) is 8.13. The Hall–Kier alpha value is -0.0400. The highest BCUT2D eigenvalue weighted by Gasteiger charge is 2.33. The Balaban J connectivity index is 4.65. The average Bonchev–Trinajstić information content (AvgIpc) is 2.17. The van der Waals surface area contributed by atoms with Gasteiger partial charge in [-0.2, -0.15) is 0 Å². The number of ether oxygens (including phenoxy) is 1. The Labute approximate surface area is 109 Å². The molecule has 0 fully saturated rings. The van der Waals surface area contributed by atoms with E-state index in [2.05, 4.69) is 41.5 Å². The highest BCUT2D eigenvalue weighted by Crippen LogP contribution is 2.34. The molecule has 0 spiro atoms. The van der Waals surface area contributed by atoms with Crippen molar-refractivity contribution in [2.24, 2.45) is 0 Å². The fraction of sp³-hybridized carbons (Fsp3) is 1.00. The number of hydrogen-bond donors (Lipinski definition) is 0. The van der Waals surface area contributed by atoms with Gasteiger partial charge in [-0.15, -0.1) is 0 Å². The molecular formula is C16H34O. The van der Waals surface area contributed by atoms with Gasteiger partial charge in [0, 0.05) is 0 Å². The van der Waals surface area contributed by atoms with E-state index in [9.17, 15) is 0 Å². The van der Waals surface area contributed by atoms with Crippen LogP contribution in [0.5, 0.6) is 0 Å². The third-order valence-corrected chi connectivity index (χ3v) is 3.61. The van der Waals surface area contributed by atoms with Crippen molar-refractivity contribution < 1.29 is 4.74 Å². The highest BCUT2D eigenvalue weighted by atomic mass is 16.5. The lowest BCUT2D eigenvalue weighted by Crippen LogP contribution is -2.41. The molecule has 0 amide bonds. The van der Waals surface area contributed by atoms with Crippen molar-refractivity contribution >= 4 is 0 Å². The van der Waals surface area contributed by atoms with Gasteiger partial charge in [0.05, 0.1) is 11.2 Å². The Morgan fingerprint density at radius 2 is 0.824 bits per heavy atom. The topological polar surface area (TPSA) is 9.23 Å². The van der Waals surface area contributed by atoms with E-state index in [1.54, 1.807) is 0 Å². The van der Waals surface area contributed by atoms with Crippen LogP contribution in [-0.2, 0) is 4.74 Å². The van der Waals surface area contributed by atoms with Crippen LogP contribution in [0.3, 0.4) is 0 Å². The molecule has 0 rings (SSSR count). The Kier molecular flexibility index (Phi) is 8.11. The summed E-state index contributed by atoms with van der Waals surface area (Å²) in [6, 6.07) is 0. The van der Waals surface area contributed by atoms with E-state index in [0.717, 1.165) is 0 Å². The van der Waals surface area contributed by atoms with Crippen molar-refractivity contribution in [2.75, 3.05) is 0 Å². The van der Waals surface area contributed by atoms with Gasteiger partial charge in [-0.25, -0.2) is 0 Å². The summed E-state index contributed by atoms with van der Waals surface area (Å²) in [5, 5.41) is 0. The minimum atomic E-state index is 0.0859. The van der Waals surface area contributed by atoms with Crippen molar-refractivity contribution in [2.45, 2.75) is 104 Å². The van der Waals surface area contributed by atoms with E-state index >= 15 is 0 Å². The van der Waals surface area contributed by atoms with Gasteiger partial charge in [-0.05, 0) is 39.5 Å². The van der Waals surface area contributed by atoms with Crippen molar-refractivity contribution in [1.82, 2.24) is 0 Å². The zero-order valence-corrected chi connectivity index (χ0v) is 13.1. The maximum absolute atomic E-state index is 6.59. The lowest BCUT2D eigenvalue weighted by Gasteiger charge is -2.41. The zero-order chi connectivity index (χ0) is 13.4. The van der Waals surface area contributed by atoms with Crippen LogP contribution in [0.25, 0.3) is 0 Å². The molecule has 0 N–H and O–H groups in total. The summed E-state index contributed by atoms with van der Waals surface area (Å²) in [7, 11) is 0. The van der Waals surface area contributed by atoms with Gasteiger partial charge < -0.3 is 4.74 Å². The van der Waals surface area contributed by atoms with Gasteiger partial charge in [0.2, 0.25) is 0 Å². The minimum Gasteiger partial charge on any atom is -0.369 e. The van der Waals surface area contributed by atoms with E-state index in [4.69, 9.17) is 4.74 Å². The first-order valence-electron chi connectivity index (χ1n) is 7.65. The molecule has 0 aromatic rings. The van der Waals surface area contributed by atoms with Crippen molar-refractivity contribution in [3.05, 3.63) is 0 Å². The van der Waals surface area contributed by atoms with Crippen LogP contribution in [0, 0.1) is 0 Å².